The average Bonchev–Trinajstić information content (AvgIpc) is 2.34. The minimum absolute atomic E-state index is 0.151. The van der Waals surface area contributed by atoms with Crippen LogP contribution in [0.5, 0.6) is 0 Å². The molecule has 0 aliphatic carbocycles. The first kappa shape index (κ1) is 17.7. The Morgan fingerprint density at radius 2 is 2.05 bits per heavy atom. The lowest BCUT2D eigenvalue weighted by molar-refractivity contribution is -0.134. The average molecular weight is 317 g/mol. The number of rotatable bonds is 6. The Morgan fingerprint density at radius 3 is 2.60 bits per heavy atom. The van der Waals surface area contributed by atoms with Gasteiger partial charge in [0.25, 0.3) is 10.2 Å². The van der Waals surface area contributed by atoms with Crippen LogP contribution in [-0.2, 0) is 10.2 Å². The maximum absolute atomic E-state index is 12.3. The van der Waals surface area contributed by atoms with Gasteiger partial charge in [-0.2, -0.15) is 30.2 Å². The number of alkyl halides is 3. The first-order valence-corrected chi connectivity index (χ1v) is 8.05. The molecule has 0 radical (unpaired) electrons. The fourth-order valence-corrected chi connectivity index (χ4v) is 3.75. The summed E-state index contributed by atoms with van der Waals surface area (Å²) in [7, 11) is -3.07. The van der Waals surface area contributed by atoms with E-state index < -0.39 is 22.9 Å². The molecule has 1 atom stereocenters. The standard InChI is InChI=1S/C11H22F3N3O2S/c1-3-15-7-10-5-4-6-17(8-10)20(18,19)16(2)9-11(12,13)14/h10,15H,3-9H2,1-2H3. The monoisotopic (exact) mass is 317 g/mol. The van der Waals surface area contributed by atoms with Gasteiger partial charge in [0.2, 0.25) is 0 Å². The van der Waals surface area contributed by atoms with Crippen molar-refractivity contribution >= 4 is 10.2 Å². The van der Waals surface area contributed by atoms with Crippen molar-refractivity contribution in [2.24, 2.45) is 5.92 Å². The highest BCUT2D eigenvalue weighted by Crippen LogP contribution is 2.23. The van der Waals surface area contributed by atoms with Gasteiger partial charge < -0.3 is 5.32 Å². The van der Waals surface area contributed by atoms with E-state index in [2.05, 4.69) is 5.32 Å². The van der Waals surface area contributed by atoms with E-state index in [0.29, 0.717) is 17.3 Å². The van der Waals surface area contributed by atoms with E-state index in [1.54, 1.807) is 0 Å². The van der Waals surface area contributed by atoms with Crippen molar-refractivity contribution < 1.29 is 21.6 Å². The summed E-state index contributed by atoms with van der Waals surface area (Å²) >= 11 is 0. The number of piperidine rings is 1. The Kier molecular flexibility index (Phi) is 6.24. The van der Waals surface area contributed by atoms with Crippen LogP contribution in [0.3, 0.4) is 0 Å². The van der Waals surface area contributed by atoms with E-state index >= 15 is 0 Å². The third kappa shape index (κ3) is 5.19. The largest absolute Gasteiger partial charge is 0.402 e. The molecule has 0 amide bonds. The van der Waals surface area contributed by atoms with E-state index in [1.807, 2.05) is 6.92 Å². The maximum Gasteiger partial charge on any atom is 0.402 e. The molecule has 0 aromatic heterocycles. The molecule has 1 fully saturated rings. The van der Waals surface area contributed by atoms with Crippen LogP contribution in [0.25, 0.3) is 0 Å². The molecule has 20 heavy (non-hydrogen) atoms. The molecule has 0 saturated carbocycles. The van der Waals surface area contributed by atoms with Crippen LogP contribution in [0.1, 0.15) is 19.8 Å². The Bertz CT molecular complexity index is 400. The summed E-state index contributed by atoms with van der Waals surface area (Å²) in [5, 5.41) is 3.14. The predicted molar refractivity (Wildman–Crippen MR) is 70.4 cm³/mol. The topological polar surface area (TPSA) is 52.7 Å². The van der Waals surface area contributed by atoms with Crippen molar-refractivity contribution in [3.63, 3.8) is 0 Å². The quantitative estimate of drug-likeness (QED) is 0.797. The summed E-state index contributed by atoms with van der Waals surface area (Å²) in [4.78, 5) is 0. The zero-order valence-corrected chi connectivity index (χ0v) is 12.6. The fourth-order valence-electron chi connectivity index (χ4n) is 2.28. The molecule has 1 N–H and O–H groups in total. The van der Waals surface area contributed by atoms with Gasteiger partial charge in [-0.25, -0.2) is 0 Å². The van der Waals surface area contributed by atoms with Crippen molar-refractivity contribution in [3.8, 4) is 0 Å². The van der Waals surface area contributed by atoms with Crippen LogP contribution in [0.15, 0.2) is 0 Å². The number of nitrogens with one attached hydrogen (secondary N) is 1. The highest BCUT2D eigenvalue weighted by Gasteiger charge is 2.38. The fraction of sp³-hybridized carbons (Fsp3) is 1.00. The second-order valence-corrected chi connectivity index (χ2v) is 7.09. The summed E-state index contributed by atoms with van der Waals surface area (Å²) in [6.07, 6.45) is -2.96. The molecule has 0 bridgehead atoms. The van der Waals surface area contributed by atoms with Crippen LogP contribution in [0.2, 0.25) is 0 Å². The molecule has 1 rings (SSSR count). The molecule has 0 spiro atoms. The summed E-state index contributed by atoms with van der Waals surface area (Å²) < 4.78 is 62.7. The van der Waals surface area contributed by atoms with Crippen LogP contribution >= 0.6 is 0 Å². The normalized spacial score (nSPS) is 22.4. The highest BCUT2D eigenvalue weighted by atomic mass is 32.2. The van der Waals surface area contributed by atoms with Gasteiger partial charge in [0.1, 0.15) is 6.54 Å². The number of halogens is 3. The van der Waals surface area contributed by atoms with E-state index in [-0.39, 0.29) is 19.0 Å². The van der Waals surface area contributed by atoms with E-state index in [1.165, 1.54) is 0 Å². The molecule has 5 nitrogen and oxygen atoms in total. The third-order valence-electron chi connectivity index (χ3n) is 3.29. The first-order valence-electron chi connectivity index (χ1n) is 6.65. The Balaban J connectivity index is 2.66. The highest BCUT2D eigenvalue weighted by molar-refractivity contribution is 7.86. The molecule has 9 heteroatoms. The molecule has 1 heterocycles. The molecule has 1 unspecified atom stereocenters. The van der Waals surface area contributed by atoms with Crippen molar-refractivity contribution in [3.05, 3.63) is 0 Å². The van der Waals surface area contributed by atoms with Gasteiger partial charge in [-0.3, -0.25) is 0 Å². The van der Waals surface area contributed by atoms with E-state index in [9.17, 15) is 21.6 Å². The zero-order valence-electron chi connectivity index (χ0n) is 11.8. The van der Waals surface area contributed by atoms with Gasteiger partial charge in [-0.15, -0.1) is 0 Å². The molecular weight excluding hydrogens is 295 g/mol. The second kappa shape index (κ2) is 7.06. The van der Waals surface area contributed by atoms with Gasteiger partial charge in [-0.1, -0.05) is 6.92 Å². The van der Waals surface area contributed by atoms with E-state index in [0.717, 1.165) is 24.3 Å². The molecule has 0 aromatic rings. The maximum atomic E-state index is 12.3. The Morgan fingerprint density at radius 1 is 1.40 bits per heavy atom. The number of hydrogen-bond acceptors (Lipinski definition) is 3. The third-order valence-corrected chi connectivity index (χ3v) is 5.19. The van der Waals surface area contributed by atoms with Crippen molar-refractivity contribution in [2.45, 2.75) is 25.9 Å². The summed E-state index contributed by atoms with van der Waals surface area (Å²) in [5.41, 5.74) is 0. The Hall–Kier alpha value is -0.380. The Labute approximate surface area is 118 Å². The van der Waals surface area contributed by atoms with E-state index in [4.69, 9.17) is 0 Å². The van der Waals surface area contributed by atoms with Crippen LogP contribution in [-0.4, -0.2) is 63.0 Å². The van der Waals surface area contributed by atoms with Crippen LogP contribution in [0, 0.1) is 5.92 Å². The SMILES string of the molecule is CCNCC1CCCN(S(=O)(=O)N(C)CC(F)(F)F)C1. The molecule has 120 valence electrons. The molecule has 0 aromatic carbocycles. The van der Waals surface area contributed by atoms with Gasteiger partial charge in [0.05, 0.1) is 0 Å². The lowest BCUT2D eigenvalue weighted by Crippen LogP contribution is -2.50. The minimum atomic E-state index is -4.53. The number of hydrogen-bond donors (Lipinski definition) is 1. The lowest BCUT2D eigenvalue weighted by Gasteiger charge is -2.34. The number of nitrogens with zero attached hydrogens (tertiary/aromatic N) is 2. The molecular formula is C11H22F3N3O2S. The van der Waals surface area contributed by atoms with Gasteiger partial charge in [0.15, 0.2) is 0 Å². The lowest BCUT2D eigenvalue weighted by atomic mass is 10.00. The van der Waals surface area contributed by atoms with Crippen molar-refractivity contribution in [1.29, 1.82) is 0 Å². The molecule has 1 aliphatic heterocycles. The van der Waals surface area contributed by atoms with Crippen LogP contribution in [0.4, 0.5) is 13.2 Å². The minimum Gasteiger partial charge on any atom is -0.317 e. The van der Waals surface area contributed by atoms with Gasteiger partial charge in [0, 0.05) is 20.1 Å². The summed E-state index contributed by atoms with van der Waals surface area (Å²) in [6, 6.07) is 0. The molecule has 1 saturated heterocycles. The van der Waals surface area contributed by atoms with Gasteiger partial charge >= 0.3 is 6.18 Å². The predicted octanol–water partition coefficient (Wildman–Crippen LogP) is 1.05. The first-order chi connectivity index (χ1) is 9.16. The van der Waals surface area contributed by atoms with Crippen LogP contribution < -0.4 is 5.32 Å². The molecule has 1 aliphatic rings. The van der Waals surface area contributed by atoms with Gasteiger partial charge in [-0.05, 0) is 31.8 Å². The summed E-state index contributed by atoms with van der Waals surface area (Å²) in [6.45, 7) is 2.53. The van der Waals surface area contributed by atoms with Crippen molar-refractivity contribution in [2.75, 3.05) is 39.8 Å². The second-order valence-electron chi connectivity index (χ2n) is 5.05. The smallest absolute Gasteiger partial charge is 0.317 e. The summed E-state index contributed by atoms with van der Waals surface area (Å²) in [5.74, 6) is 0.151. The zero-order chi connectivity index (χ0) is 15.4. The van der Waals surface area contributed by atoms with Crippen molar-refractivity contribution in [1.82, 2.24) is 13.9 Å².